The second-order valence-corrected chi connectivity index (χ2v) is 5.96. The predicted octanol–water partition coefficient (Wildman–Crippen LogP) is -0.422. The largest absolute Gasteiger partial charge is 0.369 e. The van der Waals surface area contributed by atoms with Crippen LogP contribution in [0, 0.1) is 5.92 Å². The van der Waals surface area contributed by atoms with Crippen molar-refractivity contribution < 1.29 is 14.4 Å². The van der Waals surface area contributed by atoms with Crippen LogP contribution >= 0.6 is 11.8 Å². The first kappa shape index (κ1) is 15.8. The topological polar surface area (TPSA) is 92.5 Å². The molecule has 1 rings (SSSR count). The molecule has 0 aromatic rings. The van der Waals surface area contributed by atoms with Crippen LogP contribution in [-0.4, -0.2) is 53.3 Å². The van der Waals surface area contributed by atoms with Gasteiger partial charge in [-0.15, -0.1) is 11.8 Å². The standard InChI is InChI=1S/C12H21N3O3S/c1-8(2)15-5-9(3-12(15)18)4-14-11(17)7-19-6-10(13)16/h8-9H,3-7H2,1-2H3,(H2,13,16)(H,14,17). The smallest absolute Gasteiger partial charge is 0.230 e. The van der Waals surface area contributed by atoms with E-state index in [4.69, 9.17) is 5.73 Å². The van der Waals surface area contributed by atoms with Crippen molar-refractivity contribution >= 4 is 29.5 Å². The Hall–Kier alpha value is -1.24. The molecule has 1 saturated heterocycles. The molecule has 3 N–H and O–H groups in total. The minimum Gasteiger partial charge on any atom is -0.369 e. The van der Waals surface area contributed by atoms with Crippen molar-refractivity contribution in [2.24, 2.45) is 11.7 Å². The lowest BCUT2D eigenvalue weighted by atomic mass is 10.1. The Bertz CT molecular complexity index is 360. The lowest BCUT2D eigenvalue weighted by Gasteiger charge is -2.21. The van der Waals surface area contributed by atoms with Crippen LogP contribution in [0.15, 0.2) is 0 Å². The van der Waals surface area contributed by atoms with Gasteiger partial charge in [0.15, 0.2) is 0 Å². The van der Waals surface area contributed by atoms with Gasteiger partial charge in [-0.1, -0.05) is 0 Å². The van der Waals surface area contributed by atoms with E-state index < -0.39 is 5.91 Å². The molecule has 108 valence electrons. The summed E-state index contributed by atoms with van der Waals surface area (Å²) in [7, 11) is 0. The number of nitrogens with one attached hydrogen (secondary N) is 1. The quantitative estimate of drug-likeness (QED) is 0.665. The summed E-state index contributed by atoms with van der Waals surface area (Å²) in [5, 5.41) is 2.79. The number of nitrogens with two attached hydrogens (primary N) is 1. The summed E-state index contributed by atoms with van der Waals surface area (Å²) in [6.07, 6.45) is 0.493. The van der Waals surface area contributed by atoms with Crippen LogP contribution in [0.1, 0.15) is 20.3 Å². The second kappa shape index (κ2) is 7.37. The highest BCUT2D eigenvalue weighted by molar-refractivity contribution is 8.00. The zero-order chi connectivity index (χ0) is 14.4. The average Bonchev–Trinajstić information content (AvgIpc) is 2.67. The Kier molecular flexibility index (Phi) is 6.14. The molecule has 0 spiro atoms. The summed E-state index contributed by atoms with van der Waals surface area (Å²) >= 11 is 1.19. The molecule has 0 aromatic heterocycles. The molecule has 1 heterocycles. The zero-order valence-electron chi connectivity index (χ0n) is 11.3. The van der Waals surface area contributed by atoms with Crippen molar-refractivity contribution in [2.75, 3.05) is 24.6 Å². The fraction of sp³-hybridized carbons (Fsp3) is 0.750. The first-order valence-electron chi connectivity index (χ1n) is 6.32. The van der Waals surface area contributed by atoms with Crippen molar-refractivity contribution in [1.82, 2.24) is 10.2 Å². The van der Waals surface area contributed by atoms with Gasteiger partial charge in [0.05, 0.1) is 11.5 Å². The van der Waals surface area contributed by atoms with Gasteiger partial charge in [0, 0.05) is 31.5 Å². The van der Waals surface area contributed by atoms with E-state index in [-0.39, 0.29) is 35.3 Å². The van der Waals surface area contributed by atoms with Crippen molar-refractivity contribution in [2.45, 2.75) is 26.3 Å². The summed E-state index contributed by atoms with van der Waals surface area (Å²) in [6.45, 7) is 5.18. The monoisotopic (exact) mass is 287 g/mol. The lowest BCUT2D eigenvalue weighted by Crippen LogP contribution is -2.34. The Morgan fingerprint density at radius 1 is 1.47 bits per heavy atom. The summed E-state index contributed by atoms with van der Waals surface area (Å²) in [5.74, 6) is 0.152. The number of rotatable bonds is 7. The predicted molar refractivity (Wildman–Crippen MR) is 74.5 cm³/mol. The fourth-order valence-corrected chi connectivity index (χ4v) is 2.59. The van der Waals surface area contributed by atoms with Crippen LogP contribution < -0.4 is 11.1 Å². The van der Waals surface area contributed by atoms with Gasteiger partial charge in [0.2, 0.25) is 17.7 Å². The minimum absolute atomic E-state index is 0.123. The molecule has 19 heavy (non-hydrogen) atoms. The molecule has 0 bridgehead atoms. The molecule has 3 amide bonds. The summed E-state index contributed by atoms with van der Waals surface area (Å²) < 4.78 is 0. The molecule has 1 unspecified atom stereocenters. The van der Waals surface area contributed by atoms with Crippen molar-refractivity contribution in [3.05, 3.63) is 0 Å². The van der Waals surface area contributed by atoms with Crippen LogP contribution in [0.5, 0.6) is 0 Å². The number of carbonyl (C=O) groups is 3. The summed E-state index contributed by atoms with van der Waals surface area (Å²) in [5.41, 5.74) is 4.98. The van der Waals surface area contributed by atoms with Gasteiger partial charge >= 0.3 is 0 Å². The molecular formula is C12H21N3O3S. The third-order valence-corrected chi connectivity index (χ3v) is 3.88. The van der Waals surface area contributed by atoms with E-state index in [1.807, 2.05) is 18.7 Å². The van der Waals surface area contributed by atoms with E-state index in [9.17, 15) is 14.4 Å². The van der Waals surface area contributed by atoms with E-state index in [0.717, 1.165) is 0 Å². The maximum Gasteiger partial charge on any atom is 0.230 e. The first-order chi connectivity index (χ1) is 8.90. The number of likely N-dealkylation sites (tertiary alicyclic amines) is 1. The Labute approximate surface area is 117 Å². The van der Waals surface area contributed by atoms with E-state index >= 15 is 0 Å². The van der Waals surface area contributed by atoms with E-state index in [0.29, 0.717) is 19.5 Å². The zero-order valence-corrected chi connectivity index (χ0v) is 12.2. The molecule has 1 aliphatic heterocycles. The molecular weight excluding hydrogens is 266 g/mol. The SMILES string of the molecule is CC(C)N1CC(CNC(=O)CSCC(N)=O)CC1=O. The average molecular weight is 287 g/mol. The van der Waals surface area contributed by atoms with Crippen molar-refractivity contribution in [3.8, 4) is 0 Å². The highest BCUT2D eigenvalue weighted by atomic mass is 32.2. The van der Waals surface area contributed by atoms with Crippen LogP contribution in [-0.2, 0) is 14.4 Å². The molecule has 0 saturated carbocycles. The summed E-state index contributed by atoms with van der Waals surface area (Å²) in [6, 6.07) is 0.208. The first-order valence-corrected chi connectivity index (χ1v) is 7.47. The van der Waals surface area contributed by atoms with Gasteiger partial charge in [-0.2, -0.15) is 0 Å². The number of amides is 3. The van der Waals surface area contributed by atoms with Gasteiger partial charge < -0.3 is 16.0 Å². The van der Waals surface area contributed by atoms with E-state index in [2.05, 4.69) is 5.32 Å². The molecule has 1 aliphatic rings. The second-order valence-electron chi connectivity index (χ2n) is 4.97. The lowest BCUT2D eigenvalue weighted by molar-refractivity contribution is -0.129. The number of hydrogen-bond acceptors (Lipinski definition) is 4. The highest BCUT2D eigenvalue weighted by Gasteiger charge is 2.30. The van der Waals surface area contributed by atoms with Crippen molar-refractivity contribution in [3.63, 3.8) is 0 Å². The van der Waals surface area contributed by atoms with E-state index in [1.165, 1.54) is 11.8 Å². The molecule has 7 heteroatoms. The van der Waals surface area contributed by atoms with Gasteiger partial charge in [-0.3, -0.25) is 14.4 Å². The van der Waals surface area contributed by atoms with E-state index in [1.54, 1.807) is 0 Å². The summed E-state index contributed by atoms with van der Waals surface area (Å²) in [4.78, 5) is 35.5. The molecule has 0 aliphatic carbocycles. The van der Waals surface area contributed by atoms with Gasteiger partial charge in [0.25, 0.3) is 0 Å². The maximum atomic E-state index is 11.7. The third-order valence-electron chi connectivity index (χ3n) is 2.93. The van der Waals surface area contributed by atoms with Gasteiger partial charge in [0.1, 0.15) is 0 Å². The third kappa shape index (κ3) is 5.50. The molecule has 6 nitrogen and oxygen atoms in total. The van der Waals surface area contributed by atoms with Crippen LogP contribution in [0.3, 0.4) is 0 Å². The number of hydrogen-bond donors (Lipinski definition) is 2. The molecule has 1 atom stereocenters. The number of carbonyl (C=O) groups excluding carboxylic acids is 3. The van der Waals surface area contributed by atoms with Gasteiger partial charge in [-0.05, 0) is 13.8 Å². The number of thioether (sulfide) groups is 1. The van der Waals surface area contributed by atoms with Gasteiger partial charge in [-0.25, -0.2) is 0 Å². The number of nitrogens with zero attached hydrogens (tertiary/aromatic N) is 1. The van der Waals surface area contributed by atoms with Crippen LogP contribution in [0.2, 0.25) is 0 Å². The number of primary amides is 1. The fourth-order valence-electron chi connectivity index (χ4n) is 2.00. The normalized spacial score (nSPS) is 19.0. The molecule has 0 radical (unpaired) electrons. The van der Waals surface area contributed by atoms with Crippen LogP contribution in [0.25, 0.3) is 0 Å². The minimum atomic E-state index is -0.424. The Morgan fingerprint density at radius 3 is 2.68 bits per heavy atom. The molecule has 0 aromatic carbocycles. The highest BCUT2D eigenvalue weighted by Crippen LogP contribution is 2.19. The Morgan fingerprint density at radius 2 is 2.16 bits per heavy atom. The molecule has 1 fully saturated rings. The maximum absolute atomic E-state index is 11.7. The van der Waals surface area contributed by atoms with Crippen molar-refractivity contribution in [1.29, 1.82) is 0 Å². The van der Waals surface area contributed by atoms with Crippen LogP contribution in [0.4, 0.5) is 0 Å². The Balaban J connectivity index is 2.21.